The zero-order valence-corrected chi connectivity index (χ0v) is 80.0. The van der Waals surface area contributed by atoms with Crippen molar-refractivity contribution in [1.82, 2.24) is 0 Å². The van der Waals surface area contributed by atoms with Gasteiger partial charge in [0.1, 0.15) is 57.5 Å². The first-order chi connectivity index (χ1) is 61.3. The summed E-state index contributed by atoms with van der Waals surface area (Å²) in [5.74, 6) is 2.92. The van der Waals surface area contributed by atoms with Gasteiger partial charge in [-0.1, -0.05) is 348 Å². The second-order valence-electron chi connectivity index (χ2n) is 38.5. The van der Waals surface area contributed by atoms with E-state index in [1.165, 1.54) is 94.6 Å². The summed E-state index contributed by atoms with van der Waals surface area (Å²) in [6, 6.07) is 104. The molecule has 0 bridgehead atoms. The van der Waals surface area contributed by atoms with Gasteiger partial charge >= 0.3 is 0 Å². The van der Waals surface area contributed by atoms with E-state index in [2.05, 4.69) is 236 Å². The molecule has 0 unspecified atom stereocenters. The van der Waals surface area contributed by atoms with Crippen LogP contribution in [0.3, 0.4) is 0 Å². The van der Waals surface area contributed by atoms with Gasteiger partial charge < -0.3 is 51.1 Å². The number of hydrogen-bond acceptors (Lipinski definition) is 10. The Kier molecular flexibility index (Phi) is 31.7. The SMILES string of the molecule is CC(C)(c1ccc(O)cc1)c1ccc(C(C)(C)c2ccc(O)cc2)cc1.Cc1cc(C(C)(C)c2ccc(C(C)(C)c3cc(C)c(O)c(C)c3)cc2)cc(C)c1O.Cc1ccc(C(C)(C)c2cccc(C(C)(C)c3ccc(O)cc3)c2)cc1.Cc1ccc(O)c(Cc2cc(C)cc(Cc3cc(C)ccc3O)c2O)c1.Oc1ccc(Cc2ccc(Cc3ccc(O)cc3)cc2)cc1.[He]. The van der Waals surface area contributed by atoms with Gasteiger partial charge in [0, 0.05) is 51.5 Å². The molecule has 0 spiro atoms. The van der Waals surface area contributed by atoms with Crippen LogP contribution in [0.25, 0.3) is 0 Å². The van der Waals surface area contributed by atoms with Crippen molar-refractivity contribution in [2.75, 3.05) is 0 Å². The third-order valence-electron chi connectivity index (χ3n) is 26.3. The molecule has 0 atom stereocenters. The molecular weight excluding hydrogens is 1610 g/mol. The van der Waals surface area contributed by atoms with Crippen LogP contribution in [0, 0.1) is 61.5 Å². The third kappa shape index (κ3) is 24.6. The Morgan fingerprint density at radius 1 is 0.176 bits per heavy atom. The van der Waals surface area contributed by atoms with Crippen molar-refractivity contribution < 1.29 is 57.2 Å². The van der Waals surface area contributed by atoms with Crippen molar-refractivity contribution in [2.45, 2.75) is 197 Å². The summed E-state index contributed by atoms with van der Waals surface area (Å²) in [6.45, 7) is 42.6. The molecule has 131 heavy (non-hydrogen) atoms. The predicted molar refractivity (Wildman–Crippen MR) is 535 cm³/mol. The molecule has 15 aromatic carbocycles. The van der Waals surface area contributed by atoms with Crippen molar-refractivity contribution in [3.8, 4) is 57.5 Å². The molecule has 0 heterocycles. The molecule has 0 saturated carbocycles. The molecular formula is C120H130HeO10. The van der Waals surface area contributed by atoms with Crippen LogP contribution in [-0.4, -0.2) is 51.1 Å². The first-order valence-corrected chi connectivity index (χ1v) is 44.7. The molecule has 0 aromatic heterocycles. The second-order valence-corrected chi connectivity index (χ2v) is 38.5. The Bertz CT molecular complexity index is 5920. The zero-order valence-electron chi connectivity index (χ0n) is 80.0. The number of rotatable bonds is 20. The van der Waals surface area contributed by atoms with Gasteiger partial charge in [-0.3, -0.25) is 0 Å². The molecule has 11 heteroatoms. The Labute approximate surface area is 777 Å². The van der Waals surface area contributed by atoms with Crippen LogP contribution in [0.2, 0.25) is 0 Å². The summed E-state index contributed by atoms with van der Waals surface area (Å²) in [7, 11) is 0. The number of aryl methyl sites for hydroxylation is 8. The van der Waals surface area contributed by atoms with E-state index in [4.69, 9.17) is 0 Å². The van der Waals surface area contributed by atoms with E-state index in [0.29, 0.717) is 41.6 Å². The molecule has 0 aliphatic heterocycles. The Balaban J connectivity index is 0.000000170. The van der Waals surface area contributed by atoms with Crippen molar-refractivity contribution in [2.24, 2.45) is 0 Å². The number of aromatic hydroxyl groups is 10. The maximum Gasteiger partial charge on any atom is 0.122 e. The van der Waals surface area contributed by atoms with Crippen LogP contribution in [0.1, 0.15) is 239 Å². The molecule has 0 amide bonds. The van der Waals surface area contributed by atoms with Gasteiger partial charge in [0.15, 0.2) is 0 Å². The van der Waals surface area contributed by atoms with Crippen LogP contribution >= 0.6 is 0 Å². The van der Waals surface area contributed by atoms with Crippen LogP contribution in [0.4, 0.5) is 0 Å². The second kappa shape index (κ2) is 41.8. The summed E-state index contributed by atoms with van der Waals surface area (Å²) >= 11 is 0. The van der Waals surface area contributed by atoms with Crippen LogP contribution < -0.4 is 0 Å². The molecule has 0 aliphatic rings. The molecule has 15 rings (SSSR count). The van der Waals surface area contributed by atoms with Gasteiger partial charge in [-0.15, -0.1) is 0 Å². The summed E-state index contributed by atoms with van der Waals surface area (Å²) < 4.78 is 0. The fraction of sp³-hybridized carbons (Fsp3) is 0.250. The minimum absolute atomic E-state index is 0. The average molecular weight is 1740 g/mol. The summed E-state index contributed by atoms with van der Waals surface area (Å²) in [6.07, 6.45) is 2.63. The normalized spacial score (nSPS) is 11.6. The van der Waals surface area contributed by atoms with Crippen molar-refractivity contribution in [3.63, 3.8) is 0 Å². The van der Waals surface area contributed by atoms with Gasteiger partial charge in [-0.2, -0.15) is 0 Å². The summed E-state index contributed by atoms with van der Waals surface area (Å²) in [5, 5.41) is 98.6. The molecule has 0 aliphatic carbocycles. The quantitative estimate of drug-likeness (QED) is 0.0350. The number of phenolic OH excluding ortho intramolecular Hbond substituents is 10. The van der Waals surface area contributed by atoms with Crippen molar-refractivity contribution >= 4 is 0 Å². The minimum atomic E-state index is -0.169. The first kappa shape index (κ1) is 99.4. The minimum Gasteiger partial charge on any atom is -0.508 e. The molecule has 0 radical (unpaired) electrons. The van der Waals surface area contributed by atoms with Gasteiger partial charge in [0.2, 0.25) is 0 Å². The maximum absolute atomic E-state index is 10.8. The molecule has 10 nitrogen and oxygen atoms in total. The van der Waals surface area contributed by atoms with E-state index in [-0.39, 0.29) is 67.4 Å². The van der Waals surface area contributed by atoms with Crippen LogP contribution in [-0.2, 0) is 58.2 Å². The van der Waals surface area contributed by atoms with Crippen LogP contribution in [0.15, 0.2) is 315 Å². The van der Waals surface area contributed by atoms with Crippen molar-refractivity contribution in [3.05, 3.63) is 471 Å². The monoisotopic (exact) mass is 1730 g/mol. The molecule has 10 N–H and O–H groups in total. The molecule has 0 fully saturated rings. The molecule has 672 valence electrons. The number of hydrogen-bond donors (Lipinski definition) is 10. The molecule has 15 aromatic rings. The summed E-state index contributed by atoms with van der Waals surface area (Å²) in [5.41, 5.74) is 30.0. The Morgan fingerprint density at radius 3 is 0.649 bits per heavy atom. The average Bonchev–Trinajstić information content (AvgIpc) is 0.772. The molecule has 0 saturated heterocycles. The van der Waals surface area contributed by atoms with Gasteiger partial charge in [0.25, 0.3) is 0 Å². The van der Waals surface area contributed by atoms with Gasteiger partial charge in [-0.25, -0.2) is 0 Å². The van der Waals surface area contributed by atoms with E-state index >= 15 is 0 Å². The topological polar surface area (TPSA) is 202 Å². The summed E-state index contributed by atoms with van der Waals surface area (Å²) in [4.78, 5) is 0. The van der Waals surface area contributed by atoms with E-state index in [1.807, 2.05) is 146 Å². The van der Waals surface area contributed by atoms with Crippen molar-refractivity contribution in [1.29, 1.82) is 0 Å². The fourth-order valence-electron chi connectivity index (χ4n) is 16.9. The number of benzene rings is 15. The smallest absolute Gasteiger partial charge is 0.122 e. The third-order valence-corrected chi connectivity index (χ3v) is 26.3. The van der Waals surface area contributed by atoms with Crippen LogP contribution in [0.5, 0.6) is 57.5 Å². The number of phenols is 10. The Morgan fingerprint density at radius 2 is 0.382 bits per heavy atom. The van der Waals surface area contributed by atoms with E-state index in [0.717, 1.165) is 74.0 Å². The predicted octanol–water partition coefficient (Wildman–Crippen LogP) is 28.3. The standard InChI is InChI=1S/C28H34O2.C25H28O.C24H26O2.C23H24O3.C20H18O2.He/c1-17-13-23(14-18(2)25(17)29)27(5,6)21-9-11-22(12-10-21)28(7,8)24-15-19(3)26(30)20(4)16-24;1-18-9-11-19(12-10-18)24(2,3)21-7-6-8-22(17-21)25(4,5)20-13-15-23(26)16-14-20;1-23(2,19-9-13-21(25)14-10-19)17-5-7-18(8-6-17)24(3,4)20-11-15-22(26)16-12-20;1-14-4-6-21(24)17(8-14)12-19-10-16(3)11-20(23(19)26)13-18-9-15(2)5-7-22(18)25;21-19-9-5-17(6-10-19)13-15-1-2-16(4-3-15)14-18-7-11-20(22)12-8-18;/h9-16,29-30H,1-8H3;6-17,26H,1-5H3;5-16,25-26H,1-4H3;4-11,24-26H,12-13H2,1-3H3;1-12,21-22H,13-14H2;. The van der Waals surface area contributed by atoms with Gasteiger partial charge in [-0.05, 0) is 275 Å². The van der Waals surface area contributed by atoms with Gasteiger partial charge in [0.05, 0.1) is 0 Å². The first-order valence-electron chi connectivity index (χ1n) is 44.7. The van der Waals surface area contributed by atoms with E-state index in [9.17, 15) is 51.1 Å². The fourth-order valence-corrected chi connectivity index (χ4v) is 16.9. The Hall–Kier alpha value is -13.8. The van der Waals surface area contributed by atoms with E-state index in [1.54, 1.807) is 72.8 Å². The largest absolute Gasteiger partial charge is 0.508 e. The zero-order chi connectivity index (χ0) is 94.5. The van der Waals surface area contributed by atoms with E-state index < -0.39 is 0 Å². The maximum atomic E-state index is 10.8.